The molecule has 2 saturated heterocycles. The first kappa shape index (κ1) is 18.0. The van der Waals surface area contributed by atoms with Gasteiger partial charge in [-0.15, -0.1) is 0 Å². The quantitative estimate of drug-likeness (QED) is 0.376. The van der Waals surface area contributed by atoms with Crippen LogP contribution in [0.25, 0.3) is 0 Å². The van der Waals surface area contributed by atoms with E-state index in [-0.39, 0.29) is 0 Å². The topological polar surface area (TPSA) is 138 Å². The first-order valence-corrected chi connectivity index (χ1v) is 7.17. The number of methoxy groups -OCH3 is 1. The van der Waals surface area contributed by atoms with Crippen LogP contribution in [0.2, 0.25) is 0 Å². The van der Waals surface area contributed by atoms with Gasteiger partial charge in [-0.25, -0.2) is 0 Å². The molecule has 0 bridgehead atoms. The van der Waals surface area contributed by atoms with Gasteiger partial charge in [0, 0.05) is 7.11 Å². The second kappa shape index (κ2) is 7.04. The highest BCUT2D eigenvalue weighted by Crippen LogP contribution is 2.29. The van der Waals surface area contributed by atoms with Gasteiger partial charge in [0.2, 0.25) is 0 Å². The Balaban J connectivity index is 2.10. The van der Waals surface area contributed by atoms with Crippen LogP contribution < -0.4 is 0 Å². The van der Waals surface area contributed by atoms with Crippen molar-refractivity contribution in [2.45, 2.75) is 75.3 Å². The van der Waals surface area contributed by atoms with E-state index in [1.165, 1.54) is 14.0 Å². The molecule has 0 spiro atoms. The van der Waals surface area contributed by atoms with Crippen LogP contribution in [0, 0.1) is 0 Å². The van der Waals surface area contributed by atoms with Crippen molar-refractivity contribution in [1.29, 1.82) is 0 Å². The minimum atomic E-state index is -1.52. The second-order valence-electron chi connectivity index (χ2n) is 5.71. The first-order valence-electron chi connectivity index (χ1n) is 7.17. The van der Waals surface area contributed by atoms with Gasteiger partial charge in [-0.1, -0.05) is 0 Å². The van der Waals surface area contributed by atoms with Gasteiger partial charge in [0.1, 0.15) is 36.6 Å². The van der Waals surface area contributed by atoms with E-state index in [1.54, 1.807) is 6.92 Å². The summed E-state index contributed by atoms with van der Waals surface area (Å²) in [5.74, 6) is 0. The highest BCUT2D eigenvalue weighted by atomic mass is 16.7. The number of ether oxygens (including phenoxy) is 4. The SMILES string of the molecule is CO[C@H]1O[C@H](C)[C@@H](O)[C@H](O[C@H]2O[C@H](C)[C@@H](O)[C@H](O)[C@@H]2O)[C@@H]1O. The Morgan fingerprint density at radius 1 is 0.682 bits per heavy atom. The molecule has 0 aromatic heterocycles. The summed E-state index contributed by atoms with van der Waals surface area (Å²) in [6.07, 6.45) is -11.7. The van der Waals surface area contributed by atoms with Crippen molar-refractivity contribution in [2.24, 2.45) is 0 Å². The predicted octanol–water partition coefficient (Wildman–Crippen LogP) is -2.69. The Morgan fingerprint density at radius 2 is 1.23 bits per heavy atom. The smallest absolute Gasteiger partial charge is 0.187 e. The Labute approximate surface area is 128 Å². The average Bonchev–Trinajstić information content (AvgIpc) is 2.50. The highest BCUT2D eigenvalue weighted by Gasteiger charge is 2.49. The zero-order valence-electron chi connectivity index (χ0n) is 12.6. The predicted molar refractivity (Wildman–Crippen MR) is 70.6 cm³/mol. The molecule has 22 heavy (non-hydrogen) atoms. The number of hydrogen-bond donors (Lipinski definition) is 5. The number of rotatable bonds is 3. The van der Waals surface area contributed by atoms with Crippen molar-refractivity contribution in [2.75, 3.05) is 7.11 Å². The lowest BCUT2D eigenvalue weighted by Gasteiger charge is -2.45. The van der Waals surface area contributed by atoms with Gasteiger partial charge in [-0.3, -0.25) is 0 Å². The third kappa shape index (κ3) is 3.28. The fraction of sp³-hybridized carbons (Fsp3) is 1.00. The normalized spacial score (nSPS) is 53.5. The third-order valence-electron chi connectivity index (χ3n) is 4.11. The minimum Gasteiger partial charge on any atom is -0.388 e. The van der Waals surface area contributed by atoms with Crippen molar-refractivity contribution in [3.05, 3.63) is 0 Å². The first-order chi connectivity index (χ1) is 10.3. The summed E-state index contributed by atoms with van der Waals surface area (Å²) in [6.45, 7) is 3.09. The van der Waals surface area contributed by atoms with Crippen LogP contribution >= 0.6 is 0 Å². The summed E-state index contributed by atoms with van der Waals surface area (Å²) in [6, 6.07) is 0. The van der Waals surface area contributed by atoms with E-state index >= 15 is 0 Å². The van der Waals surface area contributed by atoms with E-state index in [2.05, 4.69) is 0 Å². The summed E-state index contributed by atoms with van der Waals surface area (Å²) in [5, 5.41) is 49.6. The Bertz CT molecular complexity index is 367. The molecule has 0 saturated carbocycles. The number of hydrogen-bond acceptors (Lipinski definition) is 9. The highest BCUT2D eigenvalue weighted by molar-refractivity contribution is 4.92. The molecule has 2 aliphatic rings. The van der Waals surface area contributed by atoms with Gasteiger partial charge in [0.15, 0.2) is 12.6 Å². The van der Waals surface area contributed by atoms with E-state index in [0.717, 1.165) is 0 Å². The largest absolute Gasteiger partial charge is 0.388 e. The zero-order chi connectivity index (χ0) is 16.6. The van der Waals surface area contributed by atoms with E-state index < -0.39 is 61.4 Å². The molecule has 2 heterocycles. The molecule has 9 heteroatoms. The van der Waals surface area contributed by atoms with E-state index in [0.29, 0.717) is 0 Å². The molecule has 9 nitrogen and oxygen atoms in total. The van der Waals surface area contributed by atoms with Crippen LogP contribution in [0.4, 0.5) is 0 Å². The maximum atomic E-state index is 10.1. The van der Waals surface area contributed by atoms with Crippen LogP contribution in [0.15, 0.2) is 0 Å². The van der Waals surface area contributed by atoms with E-state index in [9.17, 15) is 25.5 Å². The van der Waals surface area contributed by atoms with Crippen molar-refractivity contribution in [3.8, 4) is 0 Å². The zero-order valence-corrected chi connectivity index (χ0v) is 12.6. The van der Waals surface area contributed by atoms with Gasteiger partial charge in [-0.2, -0.15) is 0 Å². The molecular formula is C13H24O9. The van der Waals surface area contributed by atoms with Gasteiger partial charge < -0.3 is 44.5 Å². The number of aliphatic hydroxyl groups is 5. The lowest BCUT2D eigenvalue weighted by atomic mass is 9.97. The van der Waals surface area contributed by atoms with E-state index in [1.807, 2.05) is 0 Å². The standard InChI is InChI=1S/C13H24O9/c1-4-6(14)8(16)9(17)13(21-4)22-11-7(15)5(2)20-12(19-3)10(11)18/h4-18H,1-3H3/t4-,5-,6-,7-,8+,9+,10+,11+,12+,13-/m1/s1. The minimum absolute atomic E-state index is 0.674. The fourth-order valence-electron chi connectivity index (χ4n) is 2.63. The molecule has 0 radical (unpaired) electrons. The average molecular weight is 324 g/mol. The van der Waals surface area contributed by atoms with Crippen molar-refractivity contribution in [3.63, 3.8) is 0 Å². The fourth-order valence-corrected chi connectivity index (χ4v) is 2.63. The molecule has 2 aliphatic heterocycles. The summed E-state index contributed by atoms with van der Waals surface area (Å²) < 4.78 is 21.0. The lowest BCUT2D eigenvalue weighted by Crippen LogP contribution is -2.63. The summed E-state index contributed by atoms with van der Waals surface area (Å²) in [4.78, 5) is 0. The van der Waals surface area contributed by atoms with Gasteiger partial charge in [0.25, 0.3) is 0 Å². The molecule has 0 aromatic rings. The number of aliphatic hydroxyl groups excluding tert-OH is 5. The molecule has 0 amide bonds. The summed E-state index contributed by atoms with van der Waals surface area (Å²) >= 11 is 0. The third-order valence-corrected chi connectivity index (χ3v) is 4.11. The van der Waals surface area contributed by atoms with Crippen molar-refractivity contribution in [1.82, 2.24) is 0 Å². The molecule has 0 aliphatic carbocycles. The Morgan fingerprint density at radius 3 is 1.82 bits per heavy atom. The molecule has 0 aromatic carbocycles. The van der Waals surface area contributed by atoms with E-state index in [4.69, 9.17) is 18.9 Å². The van der Waals surface area contributed by atoms with Crippen molar-refractivity contribution < 1.29 is 44.5 Å². The molecule has 10 atom stereocenters. The maximum Gasteiger partial charge on any atom is 0.187 e. The second-order valence-corrected chi connectivity index (χ2v) is 5.71. The van der Waals surface area contributed by atoms with Crippen LogP contribution in [-0.2, 0) is 18.9 Å². The molecular weight excluding hydrogens is 300 g/mol. The van der Waals surface area contributed by atoms with Crippen LogP contribution in [-0.4, -0.2) is 94.1 Å². The Hall–Kier alpha value is -0.360. The summed E-state index contributed by atoms with van der Waals surface area (Å²) in [7, 11) is 1.34. The van der Waals surface area contributed by atoms with Gasteiger partial charge in [0.05, 0.1) is 12.2 Å². The maximum absolute atomic E-state index is 10.1. The van der Waals surface area contributed by atoms with Gasteiger partial charge in [-0.05, 0) is 13.8 Å². The Kier molecular flexibility index (Phi) is 5.75. The molecule has 0 unspecified atom stereocenters. The summed E-state index contributed by atoms with van der Waals surface area (Å²) in [5.41, 5.74) is 0. The molecule has 130 valence electrons. The molecule has 2 rings (SSSR count). The monoisotopic (exact) mass is 324 g/mol. The van der Waals surface area contributed by atoms with Crippen LogP contribution in [0.1, 0.15) is 13.8 Å². The van der Waals surface area contributed by atoms with Gasteiger partial charge >= 0.3 is 0 Å². The van der Waals surface area contributed by atoms with Crippen LogP contribution in [0.3, 0.4) is 0 Å². The van der Waals surface area contributed by atoms with Crippen molar-refractivity contribution >= 4 is 0 Å². The van der Waals surface area contributed by atoms with Crippen LogP contribution in [0.5, 0.6) is 0 Å². The lowest BCUT2D eigenvalue weighted by molar-refractivity contribution is -0.351. The molecule has 5 N–H and O–H groups in total. The molecule has 2 fully saturated rings.